The first-order valence-corrected chi connectivity index (χ1v) is 19.7. The maximum atomic E-state index is 2.61. The van der Waals surface area contributed by atoms with Crippen LogP contribution in [0.2, 0.25) is 0 Å². The smallest absolute Gasteiger partial charge is 0.0497 e. The average molecular weight is 676 g/mol. The van der Waals surface area contributed by atoms with Gasteiger partial charge < -0.3 is 4.57 Å². The minimum absolute atomic E-state index is 0.00269. The second kappa shape index (κ2) is 10.8. The predicted molar refractivity (Wildman–Crippen MR) is 222 cm³/mol. The van der Waals surface area contributed by atoms with Crippen molar-refractivity contribution < 1.29 is 0 Å². The second-order valence-electron chi connectivity index (χ2n) is 17.3. The van der Waals surface area contributed by atoms with E-state index in [-0.39, 0.29) is 10.8 Å². The van der Waals surface area contributed by atoms with Crippen molar-refractivity contribution >= 4 is 21.8 Å². The van der Waals surface area contributed by atoms with Crippen molar-refractivity contribution in [2.45, 2.75) is 91.0 Å². The van der Waals surface area contributed by atoms with Crippen molar-refractivity contribution in [3.8, 4) is 44.5 Å². The van der Waals surface area contributed by atoms with Crippen LogP contribution in [0.3, 0.4) is 0 Å². The van der Waals surface area contributed by atoms with E-state index in [1.807, 2.05) is 0 Å². The van der Waals surface area contributed by atoms with E-state index in [4.69, 9.17) is 0 Å². The summed E-state index contributed by atoms with van der Waals surface area (Å²) >= 11 is 0. The van der Waals surface area contributed by atoms with Crippen LogP contribution < -0.4 is 0 Å². The van der Waals surface area contributed by atoms with E-state index in [1.54, 1.807) is 0 Å². The molecule has 258 valence electrons. The van der Waals surface area contributed by atoms with Gasteiger partial charge in [-0.05, 0) is 134 Å². The highest BCUT2D eigenvalue weighted by Gasteiger charge is 2.40. The average Bonchev–Trinajstić information content (AvgIpc) is 3.81. The lowest BCUT2D eigenvalue weighted by Gasteiger charge is -2.25. The van der Waals surface area contributed by atoms with Crippen molar-refractivity contribution in [3.63, 3.8) is 0 Å². The van der Waals surface area contributed by atoms with Crippen LogP contribution in [-0.4, -0.2) is 4.57 Å². The van der Waals surface area contributed by atoms with Crippen molar-refractivity contribution in [2.75, 3.05) is 0 Å². The first-order valence-electron chi connectivity index (χ1n) is 19.7. The summed E-state index contributed by atoms with van der Waals surface area (Å²) in [6, 6.07) is 43.3. The molecule has 0 radical (unpaired) electrons. The summed E-state index contributed by atoms with van der Waals surface area (Å²) in [6.45, 7) is 19.1. The van der Waals surface area contributed by atoms with Crippen LogP contribution >= 0.6 is 0 Å². The van der Waals surface area contributed by atoms with Crippen LogP contribution in [0.1, 0.15) is 114 Å². The van der Waals surface area contributed by atoms with Crippen molar-refractivity contribution in [1.29, 1.82) is 0 Å². The van der Waals surface area contributed by atoms with E-state index >= 15 is 0 Å². The molecule has 0 saturated carbocycles. The molecule has 1 heteroatoms. The standard InChI is InChI=1S/C51H49N/c1-9-29(3)49-35-21-19-31(23-36(35)37-25-38-33-15-11-13-17-43(33)50(5,6)45(38)27-42(37)49)32-20-22-47-40(24-32)41-26-39-34-16-12-14-18-44(34)51(7,8)46(39)28-48(41)52(47)30(4)10-2/h11-30,49H,9-10H2,1-8H3. The first kappa shape index (κ1) is 31.8. The molecule has 1 heterocycles. The van der Waals surface area contributed by atoms with Gasteiger partial charge in [-0.25, -0.2) is 0 Å². The molecule has 0 bridgehead atoms. The first-order chi connectivity index (χ1) is 25.0. The highest BCUT2D eigenvalue weighted by molar-refractivity contribution is 6.12. The summed E-state index contributed by atoms with van der Waals surface area (Å²) in [5, 5.41) is 2.72. The number of nitrogens with zero attached hydrogens (tertiary/aromatic N) is 1. The van der Waals surface area contributed by atoms with Gasteiger partial charge in [0.05, 0.1) is 0 Å². The molecule has 3 aliphatic rings. The zero-order valence-electron chi connectivity index (χ0n) is 32.0. The Bertz CT molecular complexity index is 2640. The quantitative estimate of drug-likeness (QED) is 0.171. The van der Waals surface area contributed by atoms with Crippen LogP contribution in [0.5, 0.6) is 0 Å². The molecule has 52 heavy (non-hydrogen) atoms. The Hall–Kier alpha value is -4.88. The fraction of sp³-hybridized carbons (Fsp3) is 0.294. The molecule has 0 aliphatic heterocycles. The summed E-state index contributed by atoms with van der Waals surface area (Å²) in [7, 11) is 0. The summed E-state index contributed by atoms with van der Waals surface area (Å²) < 4.78 is 2.61. The van der Waals surface area contributed by atoms with Gasteiger partial charge in [-0.3, -0.25) is 0 Å². The van der Waals surface area contributed by atoms with E-state index in [9.17, 15) is 0 Å². The SMILES string of the molecule is CCC(C)C1c2ccc(-c3ccc4c(c3)c3cc5c(cc3n4C(C)CC)C(C)(C)c3ccccc3-5)cc2-c2cc3c(cc21)C(C)(C)c1ccccc1-3. The Kier molecular flexibility index (Phi) is 6.63. The Morgan fingerprint density at radius 2 is 1.08 bits per heavy atom. The number of hydrogen-bond donors (Lipinski definition) is 0. The largest absolute Gasteiger partial charge is 0.338 e. The van der Waals surface area contributed by atoms with Gasteiger partial charge in [0.15, 0.2) is 0 Å². The molecule has 0 saturated heterocycles. The van der Waals surface area contributed by atoms with Gasteiger partial charge in [0, 0.05) is 44.6 Å². The molecule has 7 aromatic rings. The number of rotatable bonds is 5. The lowest BCUT2D eigenvalue weighted by molar-refractivity contribution is 0.502. The topological polar surface area (TPSA) is 4.93 Å². The highest BCUT2D eigenvalue weighted by atomic mass is 15.0. The minimum Gasteiger partial charge on any atom is -0.338 e. The summed E-state index contributed by atoms with van der Waals surface area (Å²) in [5.41, 5.74) is 22.5. The van der Waals surface area contributed by atoms with Crippen LogP contribution in [0.4, 0.5) is 0 Å². The minimum atomic E-state index is -0.0200. The molecular formula is C51H49N. The number of benzene rings is 6. The molecule has 3 atom stereocenters. The Labute approximate surface area is 309 Å². The Morgan fingerprint density at radius 1 is 0.500 bits per heavy atom. The van der Waals surface area contributed by atoms with E-state index in [0.29, 0.717) is 17.9 Å². The lowest BCUT2D eigenvalue weighted by Crippen LogP contribution is -2.16. The summed E-state index contributed by atoms with van der Waals surface area (Å²) in [4.78, 5) is 0. The molecule has 0 spiro atoms. The maximum absolute atomic E-state index is 2.61. The van der Waals surface area contributed by atoms with Crippen LogP contribution in [0.15, 0.2) is 109 Å². The van der Waals surface area contributed by atoms with Crippen molar-refractivity contribution in [2.24, 2.45) is 5.92 Å². The van der Waals surface area contributed by atoms with E-state index in [0.717, 1.165) is 12.8 Å². The van der Waals surface area contributed by atoms with Gasteiger partial charge in [-0.1, -0.05) is 128 Å². The van der Waals surface area contributed by atoms with Gasteiger partial charge in [0.1, 0.15) is 0 Å². The normalized spacial score (nSPS) is 18.1. The molecule has 1 aromatic heterocycles. The zero-order chi connectivity index (χ0) is 35.8. The molecular weight excluding hydrogens is 627 g/mol. The number of aromatic nitrogens is 1. The predicted octanol–water partition coefficient (Wildman–Crippen LogP) is 14.2. The summed E-state index contributed by atoms with van der Waals surface area (Å²) in [6.07, 6.45) is 2.25. The Balaban J connectivity index is 1.17. The van der Waals surface area contributed by atoms with Crippen LogP contribution in [0.25, 0.3) is 66.3 Å². The van der Waals surface area contributed by atoms with E-state index < -0.39 is 0 Å². The van der Waals surface area contributed by atoms with Gasteiger partial charge in [-0.2, -0.15) is 0 Å². The molecule has 6 aromatic carbocycles. The number of hydrogen-bond acceptors (Lipinski definition) is 0. The third-order valence-corrected chi connectivity index (χ3v) is 13.9. The Morgan fingerprint density at radius 3 is 1.75 bits per heavy atom. The molecule has 0 amide bonds. The second-order valence-corrected chi connectivity index (χ2v) is 17.3. The fourth-order valence-electron chi connectivity index (χ4n) is 10.6. The molecule has 3 unspecified atom stereocenters. The van der Waals surface area contributed by atoms with Gasteiger partial charge in [-0.15, -0.1) is 0 Å². The fourth-order valence-corrected chi connectivity index (χ4v) is 10.6. The lowest BCUT2D eigenvalue weighted by atomic mass is 9.79. The zero-order valence-corrected chi connectivity index (χ0v) is 32.0. The van der Waals surface area contributed by atoms with E-state index in [1.165, 1.54) is 99.7 Å². The third-order valence-electron chi connectivity index (χ3n) is 13.9. The van der Waals surface area contributed by atoms with Crippen LogP contribution in [0, 0.1) is 5.92 Å². The van der Waals surface area contributed by atoms with E-state index in [2.05, 4.69) is 169 Å². The van der Waals surface area contributed by atoms with Gasteiger partial charge in [0.2, 0.25) is 0 Å². The molecule has 0 N–H and O–H groups in total. The highest BCUT2D eigenvalue weighted by Crippen LogP contribution is 2.57. The number of fused-ring (bicyclic) bond motifs is 12. The van der Waals surface area contributed by atoms with Crippen molar-refractivity contribution in [1.82, 2.24) is 4.57 Å². The molecule has 3 aliphatic carbocycles. The van der Waals surface area contributed by atoms with Gasteiger partial charge in [0.25, 0.3) is 0 Å². The third kappa shape index (κ3) is 4.06. The maximum Gasteiger partial charge on any atom is 0.0497 e. The molecule has 1 nitrogen and oxygen atoms in total. The van der Waals surface area contributed by atoms with Crippen molar-refractivity contribution in [3.05, 3.63) is 143 Å². The monoisotopic (exact) mass is 675 g/mol. The van der Waals surface area contributed by atoms with Gasteiger partial charge >= 0.3 is 0 Å². The molecule has 0 fully saturated rings. The van der Waals surface area contributed by atoms with Crippen LogP contribution in [-0.2, 0) is 10.8 Å². The summed E-state index contributed by atoms with van der Waals surface area (Å²) in [5.74, 6) is 0.981. The molecule has 10 rings (SSSR count).